The van der Waals surface area contributed by atoms with E-state index in [1.54, 1.807) is 24.3 Å². The number of alkyl halides is 3. The van der Waals surface area contributed by atoms with Crippen molar-refractivity contribution < 1.29 is 27.5 Å². The molecule has 0 fully saturated rings. The Morgan fingerprint density at radius 1 is 0.914 bits per heavy atom. The number of carbonyl (C=O) groups excluding carboxylic acids is 2. The first-order valence-corrected chi connectivity index (χ1v) is 10.4. The van der Waals surface area contributed by atoms with Crippen LogP contribution in [0.1, 0.15) is 16.1 Å². The summed E-state index contributed by atoms with van der Waals surface area (Å²) in [5.74, 6) is 0.226. The first-order valence-electron chi connectivity index (χ1n) is 10.4. The molecule has 3 amide bonds. The molecule has 0 saturated heterocycles. The van der Waals surface area contributed by atoms with Gasteiger partial charge >= 0.3 is 12.2 Å². The van der Waals surface area contributed by atoms with Crippen molar-refractivity contribution in [2.24, 2.45) is 0 Å². The second kappa shape index (κ2) is 9.72. The van der Waals surface area contributed by atoms with Crippen molar-refractivity contribution in [1.29, 1.82) is 0 Å². The summed E-state index contributed by atoms with van der Waals surface area (Å²) in [5.41, 5.74) is -0.143. The maximum atomic E-state index is 12.8. The van der Waals surface area contributed by atoms with Gasteiger partial charge in [0.25, 0.3) is 5.91 Å². The highest BCUT2D eigenvalue weighted by atomic mass is 19.4. The number of hydrogen-bond acceptors (Lipinski definition) is 4. The fraction of sp³-hybridized carbons (Fsp3) is 0.0800. The monoisotopic (exact) mass is 480 g/mol. The van der Waals surface area contributed by atoms with Crippen LogP contribution in [0, 0.1) is 0 Å². The SMILES string of the molecule is CNC(=O)c1cc(Oc2ccc3ccccc3c2NC(=O)Nc2ccc(C(F)(F)F)cc2)ccn1. The van der Waals surface area contributed by atoms with Gasteiger partial charge in [-0.3, -0.25) is 9.78 Å². The van der Waals surface area contributed by atoms with Crippen LogP contribution >= 0.6 is 0 Å². The minimum atomic E-state index is -4.47. The van der Waals surface area contributed by atoms with E-state index >= 15 is 0 Å². The number of pyridine rings is 1. The van der Waals surface area contributed by atoms with Gasteiger partial charge in [0.2, 0.25) is 0 Å². The number of ether oxygens (including phenoxy) is 1. The van der Waals surface area contributed by atoms with Crippen LogP contribution < -0.4 is 20.7 Å². The summed E-state index contributed by atoms with van der Waals surface area (Å²) < 4.78 is 44.3. The van der Waals surface area contributed by atoms with Gasteiger partial charge in [-0.15, -0.1) is 0 Å². The Labute approximate surface area is 197 Å². The summed E-state index contributed by atoms with van der Waals surface area (Å²) in [7, 11) is 1.48. The van der Waals surface area contributed by atoms with Crippen molar-refractivity contribution in [3.05, 3.63) is 90.3 Å². The van der Waals surface area contributed by atoms with Gasteiger partial charge in [0.15, 0.2) is 5.75 Å². The highest BCUT2D eigenvalue weighted by molar-refractivity contribution is 6.08. The molecule has 178 valence electrons. The fourth-order valence-corrected chi connectivity index (χ4v) is 3.34. The molecule has 0 radical (unpaired) electrons. The summed E-state index contributed by atoms with van der Waals surface area (Å²) in [6.45, 7) is 0. The largest absolute Gasteiger partial charge is 0.455 e. The molecule has 3 N–H and O–H groups in total. The number of hydrogen-bond donors (Lipinski definition) is 3. The molecule has 0 bridgehead atoms. The molecule has 0 spiro atoms. The molecule has 0 unspecified atom stereocenters. The van der Waals surface area contributed by atoms with E-state index in [-0.39, 0.29) is 17.3 Å². The predicted octanol–water partition coefficient (Wildman–Crippen LogP) is 6.05. The predicted molar refractivity (Wildman–Crippen MR) is 126 cm³/mol. The third kappa shape index (κ3) is 5.49. The van der Waals surface area contributed by atoms with E-state index in [1.165, 1.54) is 31.4 Å². The van der Waals surface area contributed by atoms with E-state index in [9.17, 15) is 22.8 Å². The molecular weight excluding hydrogens is 461 g/mol. The number of amides is 3. The van der Waals surface area contributed by atoms with Crippen LogP contribution in [0.25, 0.3) is 10.8 Å². The van der Waals surface area contributed by atoms with Gasteiger partial charge in [0.05, 0.1) is 11.3 Å². The van der Waals surface area contributed by atoms with Gasteiger partial charge in [-0.25, -0.2) is 4.79 Å². The van der Waals surface area contributed by atoms with Gasteiger partial charge in [0.1, 0.15) is 11.4 Å². The minimum Gasteiger partial charge on any atom is -0.455 e. The topological polar surface area (TPSA) is 92.4 Å². The molecule has 1 aromatic heterocycles. The van der Waals surface area contributed by atoms with E-state index in [1.807, 2.05) is 18.2 Å². The normalized spacial score (nSPS) is 11.1. The molecule has 0 atom stereocenters. The summed E-state index contributed by atoms with van der Waals surface area (Å²) in [6.07, 6.45) is -3.05. The zero-order valence-electron chi connectivity index (χ0n) is 18.3. The van der Waals surface area contributed by atoms with Crippen LogP contribution in [0.4, 0.5) is 29.3 Å². The molecule has 7 nitrogen and oxygen atoms in total. The van der Waals surface area contributed by atoms with E-state index in [0.717, 1.165) is 17.5 Å². The van der Waals surface area contributed by atoms with Crippen LogP contribution in [0.15, 0.2) is 79.0 Å². The zero-order chi connectivity index (χ0) is 25.0. The van der Waals surface area contributed by atoms with Crippen molar-refractivity contribution in [2.45, 2.75) is 6.18 Å². The molecule has 35 heavy (non-hydrogen) atoms. The number of urea groups is 1. The lowest BCUT2D eigenvalue weighted by Crippen LogP contribution is -2.20. The lowest BCUT2D eigenvalue weighted by molar-refractivity contribution is -0.137. The van der Waals surface area contributed by atoms with Gasteiger partial charge in [-0.05, 0) is 41.8 Å². The lowest BCUT2D eigenvalue weighted by Gasteiger charge is -2.16. The smallest absolute Gasteiger partial charge is 0.416 e. The number of nitrogens with zero attached hydrogens (tertiary/aromatic N) is 1. The second-order valence-electron chi connectivity index (χ2n) is 7.37. The van der Waals surface area contributed by atoms with Gasteiger partial charge in [0, 0.05) is 30.4 Å². The maximum absolute atomic E-state index is 12.8. The van der Waals surface area contributed by atoms with Crippen molar-refractivity contribution in [2.75, 3.05) is 17.7 Å². The number of anilines is 2. The minimum absolute atomic E-state index is 0.153. The van der Waals surface area contributed by atoms with Crippen molar-refractivity contribution in [1.82, 2.24) is 10.3 Å². The molecule has 0 aliphatic heterocycles. The fourth-order valence-electron chi connectivity index (χ4n) is 3.34. The molecule has 4 rings (SSSR count). The molecule has 3 aromatic carbocycles. The summed E-state index contributed by atoms with van der Waals surface area (Å²) in [6, 6.07) is 17.2. The standard InChI is InChI=1S/C25H19F3N4O3/c1-29-23(33)20-14-18(12-13-30-20)35-21-11-6-15-4-2-3-5-19(15)22(21)32-24(34)31-17-9-7-16(8-10-17)25(26,27)28/h2-14H,1H3,(H,29,33)(H2,31,32,34). The van der Waals surface area contributed by atoms with Crippen LogP contribution in [0.3, 0.4) is 0 Å². The number of aromatic nitrogens is 1. The Kier molecular flexibility index (Phi) is 6.54. The summed E-state index contributed by atoms with van der Waals surface area (Å²) in [5, 5.41) is 9.23. The van der Waals surface area contributed by atoms with Crippen LogP contribution in [-0.4, -0.2) is 24.0 Å². The van der Waals surface area contributed by atoms with E-state index in [0.29, 0.717) is 22.6 Å². The Morgan fingerprint density at radius 2 is 1.66 bits per heavy atom. The third-order valence-corrected chi connectivity index (χ3v) is 5.02. The average molecular weight is 480 g/mol. The zero-order valence-corrected chi connectivity index (χ0v) is 18.3. The maximum Gasteiger partial charge on any atom is 0.416 e. The van der Waals surface area contributed by atoms with Crippen molar-refractivity contribution >= 4 is 34.1 Å². The van der Waals surface area contributed by atoms with Gasteiger partial charge in [-0.1, -0.05) is 30.3 Å². The molecule has 10 heteroatoms. The van der Waals surface area contributed by atoms with Gasteiger partial charge < -0.3 is 20.7 Å². The molecule has 0 aliphatic rings. The molecule has 1 heterocycles. The number of carbonyl (C=O) groups is 2. The number of halogens is 3. The first kappa shape index (κ1) is 23.6. The highest BCUT2D eigenvalue weighted by Crippen LogP contribution is 2.36. The van der Waals surface area contributed by atoms with Crippen molar-refractivity contribution in [3.63, 3.8) is 0 Å². The molecule has 4 aromatic rings. The quantitative estimate of drug-likeness (QED) is 0.324. The Bertz CT molecular complexity index is 1390. The van der Waals surface area contributed by atoms with E-state index in [2.05, 4.69) is 20.9 Å². The third-order valence-electron chi connectivity index (χ3n) is 5.02. The average Bonchev–Trinajstić information content (AvgIpc) is 2.85. The number of nitrogens with one attached hydrogen (secondary N) is 3. The first-order chi connectivity index (χ1) is 16.7. The summed E-state index contributed by atoms with van der Waals surface area (Å²) >= 11 is 0. The Morgan fingerprint density at radius 3 is 2.37 bits per heavy atom. The number of rotatable bonds is 5. The second-order valence-corrected chi connectivity index (χ2v) is 7.37. The van der Waals surface area contributed by atoms with Crippen molar-refractivity contribution in [3.8, 4) is 11.5 Å². The Hall–Kier alpha value is -4.60. The molecule has 0 aliphatic carbocycles. The van der Waals surface area contributed by atoms with Crippen LogP contribution in [0.2, 0.25) is 0 Å². The number of fused-ring (bicyclic) bond motifs is 1. The molecular formula is C25H19F3N4O3. The highest BCUT2D eigenvalue weighted by Gasteiger charge is 2.30. The van der Waals surface area contributed by atoms with E-state index in [4.69, 9.17) is 4.74 Å². The lowest BCUT2D eigenvalue weighted by atomic mass is 10.1. The van der Waals surface area contributed by atoms with Crippen LogP contribution in [-0.2, 0) is 6.18 Å². The van der Waals surface area contributed by atoms with Gasteiger partial charge in [-0.2, -0.15) is 13.2 Å². The van der Waals surface area contributed by atoms with Crippen LogP contribution in [0.5, 0.6) is 11.5 Å². The summed E-state index contributed by atoms with van der Waals surface area (Å²) in [4.78, 5) is 28.6. The molecule has 0 saturated carbocycles. The number of benzene rings is 3. The van der Waals surface area contributed by atoms with E-state index < -0.39 is 17.8 Å². The Balaban J connectivity index is 1.62.